The molecule has 0 bridgehead atoms. The van der Waals surface area contributed by atoms with Crippen molar-refractivity contribution < 1.29 is 4.42 Å². The van der Waals surface area contributed by atoms with Crippen molar-refractivity contribution in [3.05, 3.63) is 58.5 Å². The Morgan fingerprint density at radius 1 is 1.11 bits per heavy atom. The number of nitrogens with one attached hydrogen (secondary N) is 1. The molecule has 0 aliphatic rings. The molecule has 1 unspecified atom stereocenters. The molecule has 2 heteroatoms. The van der Waals surface area contributed by atoms with Crippen molar-refractivity contribution in [2.24, 2.45) is 0 Å². The largest absolute Gasteiger partial charge is 0.469 e. The molecule has 0 aliphatic heterocycles. The third kappa shape index (κ3) is 2.49. The van der Waals surface area contributed by atoms with Gasteiger partial charge in [0.05, 0.1) is 12.3 Å². The first kappa shape index (κ1) is 12.9. The SMILES string of the molecule is CCNC(c1cc(C)ccc1C)c1ccoc1C. The summed E-state index contributed by atoms with van der Waals surface area (Å²) in [5.41, 5.74) is 5.17. The molecular formula is C16H21NO. The highest BCUT2D eigenvalue weighted by Crippen LogP contribution is 2.28. The first-order valence-electron chi connectivity index (χ1n) is 6.48. The molecule has 0 spiro atoms. The number of aryl methyl sites for hydroxylation is 3. The number of hydrogen-bond acceptors (Lipinski definition) is 2. The van der Waals surface area contributed by atoms with Crippen LogP contribution in [0.15, 0.2) is 34.9 Å². The van der Waals surface area contributed by atoms with Crippen molar-refractivity contribution in [1.82, 2.24) is 5.32 Å². The Morgan fingerprint density at radius 3 is 2.50 bits per heavy atom. The van der Waals surface area contributed by atoms with Gasteiger partial charge in [-0.2, -0.15) is 0 Å². The van der Waals surface area contributed by atoms with Crippen molar-refractivity contribution in [3.8, 4) is 0 Å². The van der Waals surface area contributed by atoms with Crippen LogP contribution in [0.5, 0.6) is 0 Å². The van der Waals surface area contributed by atoms with E-state index < -0.39 is 0 Å². The summed E-state index contributed by atoms with van der Waals surface area (Å²) in [5, 5.41) is 3.55. The van der Waals surface area contributed by atoms with Crippen molar-refractivity contribution >= 4 is 0 Å². The van der Waals surface area contributed by atoms with Crippen molar-refractivity contribution in [1.29, 1.82) is 0 Å². The van der Waals surface area contributed by atoms with Gasteiger partial charge in [-0.25, -0.2) is 0 Å². The van der Waals surface area contributed by atoms with Gasteiger partial charge in [0.25, 0.3) is 0 Å². The van der Waals surface area contributed by atoms with Crippen LogP contribution in [0.2, 0.25) is 0 Å². The summed E-state index contributed by atoms with van der Waals surface area (Å²) in [5.74, 6) is 0.988. The van der Waals surface area contributed by atoms with E-state index >= 15 is 0 Å². The zero-order chi connectivity index (χ0) is 13.1. The number of benzene rings is 1. The van der Waals surface area contributed by atoms with Gasteiger partial charge in [-0.15, -0.1) is 0 Å². The quantitative estimate of drug-likeness (QED) is 0.881. The van der Waals surface area contributed by atoms with Crippen molar-refractivity contribution in [2.75, 3.05) is 6.54 Å². The molecule has 18 heavy (non-hydrogen) atoms. The second-order valence-corrected chi connectivity index (χ2v) is 4.78. The molecule has 1 aromatic carbocycles. The smallest absolute Gasteiger partial charge is 0.105 e. The van der Waals surface area contributed by atoms with Gasteiger partial charge >= 0.3 is 0 Å². The highest BCUT2D eigenvalue weighted by Gasteiger charge is 2.18. The van der Waals surface area contributed by atoms with E-state index in [0.29, 0.717) is 0 Å². The van der Waals surface area contributed by atoms with E-state index in [9.17, 15) is 0 Å². The zero-order valence-electron chi connectivity index (χ0n) is 11.6. The van der Waals surface area contributed by atoms with Crippen LogP contribution in [0.1, 0.15) is 41.0 Å². The molecule has 0 saturated heterocycles. The Hall–Kier alpha value is -1.54. The summed E-state index contributed by atoms with van der Waals surface area (Å²) in [6, 6.07) is 8.88. The van der Waals surface area contributed by atoms with Gasteiger partial charge < -0.3 is 9.73 Å². The first-order valence-corrected chi connectivity index (χ1v) is 6.48. The van der Waals surface area contributed by atoms with Crippen LogP contribution in [0.25, 0.3) is 0 Å². The van der Waals surface area contributed by atoms with Crippen LogP contribution >= 0.6 is 0 Å². The van der Waals surface area contributed by atoms with E-state index in [0.717, 1.165) is 12.3 Å². The Kier molecular flexibility index (Phi) is 3.87. The summed E-state index contributed by atoms with van der Waals surface area (Å²) in [4.78, 5) is 0. The van der Waals surface area contributed by atoms with Gasteiger partial charge in [-0.3, -0.25) is 0 Å². The fraction of sp³-hybridized carbons (Fsp3) is 0.375. The zero-order valence-corrected chi connectivity index (χ0v) is 11.6. The fourth-order valence-corrected chi connectivity index (χ4v) is 2.36. The monoisotopic (exact) mass is 243 g/mol. The van der Waals surface area contributed by atoms with E-state index in [4.69, 9.17) is 4.42 Å². The van der Waals surface area contributed by atoms with Gasteiger partial charge in [0.15, 0.2) is 0 Å². The van der Waals surface area contributed by atoms with E-state index in [2.05, 4.69) is 50.4 Å². The van der Waals surface area contributed by atoms with E-state index in [1.165, 1.54) is 22.3 Å². The Labute approximate surface area is 109 Å². The van der Waals surface area contributed by atoms with Gasteiger partial charge in [-0.05, 0) is 44.5 Å². The van der Waals surface area contributed by atoms with Gasteiger partial charge in [0.2, 0.25) is 0 Å². The predicted octanol–water partition coefficient (Wildman–Crippen LogP) is 3.90. The van der Waals surface area contributed by atoms with E-state index in [-0.39, 0.29) is 6.04 Å². The summed E-state index contributed by atoms with van der Waals surface area (Å²) in [7, 11) is 0. The van der Waals surface area contributed by atoms with Crippen LogP contribution in [-0.2, 0) is 0 Å². The molecule has 1 heterocycles. The Bertz CT molecular complexity index is 528. The van der Waals surface area contributed by atoms with Crippen LogP contribution in [0.4, 0.5) is 0 Å². The highest BCUT2D eigenvalue weighted by molar-refractivity contribution is 5.39. The summed E-state index contributed by atoms with van der Waals surface area (Å²) in [6.07, 6.45) is 1.76. The van der Waals surface area contributed by atoms with Crippen molar-refractivity contribution in [2.45, 2.75) is 33.7 Å². The molecule has 1 atom stereocenters. The predicted molar refractivity (Wildman–Crippen MR) is 74.9 cm³/mol. The van der Waals surface area contributed by atoms with Crippen LogP contribution in [0.3, 0.4) is 0 Å². The molecule has 2 nitrogen and oxygen atoms in total. The fourth-order valence-electron chi connectivity index (χ4n) is 2.36. The lowest BCUT2D eigenvalue weighted by molar-refractivity contribution is 0.519. The minimum atomic E-state index is 0.216. The molecule has 0 aliphatic carbocycles. The molecule has 0 radical (unpaired) electrons. The average Bonchev–Trinajstić information content (AvgIpc) is 2.76. The third-order valence-electron chi connectivity index (χ3n) is 3.36. The second-order valence-electron chi connectivity index (χ2n) is 4.78. The van der Waals surface area contributed by atoms with Gasteiger partial charge in [0, 0.05) is 5.56 Å². The lowest BCUT2D eigenvalue weighted by Crippen LogP contribution is -2.23. The minimum absolute atomic E-state index is 0.216. The number of furan rings is 1. The summed E-state index contributed by atoms with van der Waals surface area (Å²) in [6.45, 7) is 9.38. The maximum Gasteiger partial charge on any atom is 0.105 e. The maximum atomic E-state index is 5.44. The third-order valence-corrected chi connectivity index (χ3v) is 3.36. The Morgan fingerprint density at radius 2 is 1.89 bits per heavy atom. The average molecular weight is 243 g/mol. The van der Waals surface area contributed by atoms with E-state index in [1.807, 2.05) is 6.92 Å². The molecule has 0 amide bonds. The normalized spacial score (nSPS) is 12.7. The Balaban J connectivity index is 2.48. The summed E-state index contributed by atoms with van der Waals surface area (Å²) >= 11 is 0. The number of rotatable bonds is 4. The minimum Gasteiger partial charge on any atom is -0.469 e. The molecule has 2 aromatic rings. The van der Waals surface area contributed by atoms with Crippen LogP contribution in [-0.4, -0.2) is 6.54 Å². The van der Waals surface area contributed by atoms with Crippen molar-refractivity contribution in [3.63, 3.8) is 0 Å². The van der Waals surface area contributed by atoms with Crippen LogP contribution in [0, 0.1) is 20.8 Å². The van der Waals surface area contributed by atoms with E-state index in [1.54, 1.807) is 6.26 Å². The molecule has 0 saturated carbocycles. The van der Waals surface area contributed by atoms with Gasteiger partial charge in [-0.1, -0.05) is 30.7 Å². The van der Waals surface area contributed by atoms with Crippen LogP contribution < -0.4 is 5.32 Å². The lowest BCUT2D eigenvalue weighted by Gasteiger charge is -2.20. The second kappa shape index (κ2) is 5.40. The standard InChI is InChI=1S/C16H21NO/c1-5-17-16(14-8-9-18-13(14)4)15-10-11(2)6-7-12(15)3/h6-10,16-17H,5H2,1-4H3. The molecule has 1 N–H and O–H groups in total. The molecular weight excluding hydrogens is 222 g/mol. The lowest BCUT2D eigenvalue weighted by atomic mass is 9.94. The maximum absolute atomic E-state index is 5.44. The first-order chi connectivity index (χ1) is 8.63. The topological polar surface area (TPSA) is 25.2 Å². The number of hydrogen-bond donors (Lipinski definition) is 1. The molecule has 1 aromatic heterocycles. The van der Waals surface area contributed by atoms with Gasteiger partial charge in [0.1, 0.15) is 5.76 Å². The molecule has 96 valence electrons. The molecule has 0 fully saturated rings. The highest BCUT2D eigenvalue weighted by atomic mass is 16.3. The molecule has 2 rings (SSSR count). The summed E-state index contributed by atoms with van der Waals surface area (Å²) < 4.78 is 5.44.